The van der Waals surface area contributed by atoms with Crippen molar-refractivity contribution in [2.45, 2.75) is 26.2 Å². The van der Waals surface area contributed by atoms with Crippen LogP contribution in [0.25, 0.3) is 10.8 Å². The topological polar surface area (TPSA) is 55.2 Å². The van der Waals surface area contributed by atoms with Crippen LogP contribution in [0.1, 0.15) is 26.6 Å². The summed E-state index contributed by atoms with van der Waals surface area (Å²) in [5.41, 5.74) is -0.0900. The summed E-state index contributed by atoms with van der Waals surface area (Å²) in [7, 11) is 0. The van der Waals surface area contributed by atoms with Crippen LogP contribution in [0.4, 0.5) is 0 Å². The molecule has 1 aromatic heterocycles. The zero-order valence-electron chi connectivity index (χ0n) is 12.1. The van der Waals surface area contributed by atoms with Crippen LogP contribution in [-0.2, 0) is 5.41 Å². The van der Waals surface area contributed by atoms with Gasteiger partial charge in [0.1, 0.15) is 11.5 Å². The molecule has 21 heavy (non-hydrogen) atoms. The van der Waals surface area contributed by atoms with Crippen LogP contribution < -0.4 is 4.74 Å². The zero-order chi connectivity index (χ0) is 15.0. The number of rotatable bonds is 2. The van der Waals surface area contributed by atoms with E-state index < -0.39 is 0 Å². The molecule has 0 spiro atoms. The molecule has 108 valence electrons. The molecule has 0 fully saturated rings. The van der Waals surface area contributed by atoms with Crippen LogP contribution in [-0.4, -0.2) is 14.5 Å². The Labute approximate surface area is 127 Å². The Balaban J connectivity index is 1.89. The summed E-state index contributed by atoms with van der Waals surface area (Å²) in [5, 5.41) is 12.0. The number of aromatic nitrogens is 2. The SMILES string of the molecule is CC(C)(C)c1nsc(Oc2ccc3ccc(O)cc3c2)n1. The van der Waals surface area contributed by atoms with Gasteiger partial charge in [0, 0.05) is 16.9 Å². The minimum absolute atomic E-state index is 0.0900. The monoisotopic (exact) mass is 300 g/mol. The predicted octanol–water partition coefficient (Wildman–Crippen LogP) is 4.49. The van der Waals surface area contributed by atoms with Crippen molar-refractivity contribution in [2.75, 3.05) is 0 Å². The van der Waals surface area contributed by atoms with Gasteiger partial charge in [-0.05, 0) is 35.0 Å². The molecule has 5 heteroatoms. The Morgan fingerprint density at radius 2 is 1.81 bits per heavy atom. The number of hydrogen-bond donors (Lipinski definition) is 1. The average Bonchev–Trinajstić information content (AvgIpc) is 2.86. The highest BCUT2D eigenvalue weighted by molar-refractivity contribution is 7.07. The number of ether oxygens (including phenoxy) is 1. The van der Waals surface area contributed by atoms with E-state index in [0.29, 0.717) is 10.9 Å². The molecule has 3 rings (SSSR count). The molecule has 0 aliphatic carbocycles. The summed E-state index contributed by atoms with van der Waals surface area (Å²) in [6.45, 7) is 6.20. The van der Waals surface area contributed by atoms with E-state index in [0.717, 1.165) is 16.6 Å². The van der Waals surface area contributed by atoms with Crippen molar-refractivity contribution in [1.29, 1.82) is 0 Å². The van der Waals surface area contributed by atoms with Gasteiger partial charge in [0.15, 0.2) is 5.82 Å². The number of fused-ring (bicyclic) bond motifs is 1. The van der Waals surface area contributed by atoms with E-state index in [2.05, 4.69) is 30.1 Å². The lowest BCUT2D eigenvalue weighted by Crippen LogP contribution is -2.12. The van der Waals surface area contributed by atoms with Gasteiger partial charge in [-0.25, -0.2) is 0 Å². The Kier molecular flexibility index (Phi) is 3.29. The van der Waals surface area contributed by atoms with Gasteiger partial charge in [-0.3, -0.25) is 0 Å². The lowest BCUT2D eigenvalue weighted by atomic mass is 9.96. The summed E-state index contributed by atoms with van der Waals surface area (Å²) < 4.78 is 10.1. The molecule has 0 atom stereocenters. The Morgan fingerprint density at radius 3 is 2.52 bits per heavy atom. The molecule has 1 heterocycles. The van der Waals surface area contributed by atoms with E-state index in [-0.39, 0.29) is 11.2 Å². The smallest absolute Gasteiger partial charge is 0.298 e. The van der Waals surface area contributed by atoms with Crippen molar-refractivity contribution >= 4 is 22.3 Å². The van der Waals surface area contributed by atoms with Crippen LogP contribution >= 0.6 is 11.5 Å². The van der Waals surface area contributed by atoms with Gasteiger partial charge in [0.05, 0.1) is 0 Å². The second-order valence-corrected chi connectivity index (χ2v) is 6.64. The lowest BCUT2D eigenvalue weighted by molar-refractivity contribution is 0.468. The second kappa shape index (κ2) is 5.00. The summed E-state index contributed by atoms with van der Waals surface area (Å²) in [6, 6.07) is 11.0. The molecule has 0 saturated carbocycles. The first-order valence-electron chi connectivity index (χ1n) is 6.67. The van der Waals surface area contributed by atoms with Gasteiger partial charge in [-0.2, -0.15) is 9.36 Å². The minimum Gasteiger partial charge on any atom is -0.508 e. The summed E-state index contributed by atoms with van der Waals surface area (Å²) in [4.78, 5) is 4.41. The standard InChI is InChI=1S/C16H16N2O2S/c1-16(2,3)14-17-15(21-18-14)20-13-7-5-10-4-6-12(19)8-11(10)9-13/h4-9,19H,1-3H3. The van der Waals surface area contributed by atoms with E-state index in [1.807, 2.05) is 24.3 Å². The predicted molar refractivity (Wildman–Crippen MR) is 84.3 cm³/mol. The Morgan fingerprint density at radius 1 is 1.05 bits per heavy atom. The number of aromatic hydroxyl groups is 1. The van der Waals surface area contributed by atoms with Crippen LogP contribution in [0.15, 0.2) is 36.4 Å². The maximum Gasteiger partial charge on any atom is 0.298 e. The van der Waals surface area contributed by atoms with Crippen molar-refractivity contribution in [3.8, 4) is 16.7 Å². The normalized spacial score (nSPS) is 11.8. The highest BCUT2D eigenvalue weighted by atomic mass is 32.1. The molecule has 0 amide bonds. The minimum atomic E-state index is -0.0900. The van der Waals surface area contributed by atoms with Gasteiger partial charge in [-0.1, -0.05) is 32.9 Å². The van der Waals surface area contributed by atoms with Gasteiger partial charge in [0.25, 0.3) is 5.19 Å². The summed E-state index contributed by atoms with van der Waals surface area (Å²) in [6.07, 6.45) is 0. The van der Waals surface area contributed by atoms with E-state index >= 15 is 0 Å². The van der Waals surface area contributed by atoms with Crippen molar-refractivity contribution in [3.05, 3.63) is 42.2 Å². The molecule has 0 bridgehead atoms. The third kappa shape index (κ3) is 2.97. The lowest BCUT2D eigenvalue weighted by Gasteiger charge is -2.12. The number of benzene rings is 2. The molecule has 0 saturated heterocycles. The van der Waals surface area contributed by atoms with E-state index in [9.17, 15) is 5.11 Å². The number of hydrogen-bond acceptors (Lipinski definition) is 5. The first-order valence-corrected chi connectivity index (χ1v) is 7.44. The number of phenolic OH excluding ortho intramolecular Hbond substituents is 1. The van der Waals surface area contributed by atoms with Crippen molar-refractivity contribution in [2.24, 2.45) is 0 Å². The molecular formula is C16H16N2O2S. The molecule has 0 aliphatic heterocycles. The Hall–Kier alpha value is -2.14. The molecule has 3 aromatic rings. The van der Waals surface area contributed by atoms with E-state index in [4.69, 9.17) is 4.74 Å². The molecule has 0 radical (unpaired) electrons. The van der Waals surface area contributed by atoms with Crippen molar-refractivity contribution < 1.29 is 9.84 Å². The largest absolute Gasteiger partial charge is 0.508 e. The van der Waals surface area contributed by atoms with Gasteiger partial charge < -0.3 is 9.84 Å². The first kappa shape index (κ1) is 13.8. The van der Waals surface area contributed by atoms with E-state index in [1.165, 1.54) is 11.5 Å². The third-order valence-corrected chi connectivity index (χ3v) is 3.67. The van der Waals surface area contributed by atoms with Crippen LogP contribution in [0.3, 0.4) is 0 Å². The molecule has 1 N–H and O–H groups in total. The van der Waals surface area contributed by atoms with Crippen molar-refractivity contribution in [3.63, 3.8) is 0 Å². The first-order chi connectivity index (χ1) is 9.91. The third-order valence-electron chi connectivity index (χ3n) is 3.08. The van der Waals surface area contributed by atoms with Gasteiger partial charge >= 0.3 is 0 Å². The fourth-order valence-electron chi connectivity index (χ4n) is 1.93. The summed E-state index contributed by atoms with van der Waals surface area (Å²) in [5.74, 6) is 1.70. The molecule has 4 nitrogen and oxygen atoms in total. The maximum atomic E-state index is 9.54. The summed E-state index contributed by atoms with van der Waals surface area (Å²) >= 11 is 1.25. The maximum absolute atomic E-state index is 9.54. The Bertz CT molecular complexity index is 790. The van der Waals surface area contributed by atoms with Crippen LogP contribution in [0.2, 0.25) is 0 Å². The fraction of sp³-hybridized carbons (Fsp3) is 0.250. The molecular weight excluding hydrogens is 284 g/mol. The second-order valence-electron chi connectivity index (χ2n) is 5.93. The van der Waals surface area contributed by atoms with E-state index in [1.54, 1.807) is 12.1 Å². The number of nitrogens with zero attached hydrogens (tertiary/aromatic N) is 2. The van der Waals surface area contributed by atoms with Crippen LogP contribution in [0, 0.1) is 0 Å². The molecule has 0 unspecified atom stereocenters. The van der Waals surface area contributed by atoms with Crippen LogP contribution in [0.5, 0.6) is 16.7 Å². The zero-order valence-corrected chi connectivity index (χ0v) is 12.9. The van der Waals surface area contributed by atoms with Gasteiger partial charge in [-0.15, -0.1) is 0 Å². The average molecular weight is 300 g/mol. The quantitative estimate of drug-likeness (QED) is 0.757. The number of phenols is 1. The van der Waals surface area contributed by atoms with Crippen molar-refractivity contribution in [1.82, 2.24) is 9.36 Å². The van der Waals surface area contributed by atoms with Gasteiger partial charge in [0.2, 0.25) is 0 Å². The molecule has 0 aliphatic rings. The highest BCUT2D eigenvalue weighted by Crippen LogP contribution is 2.30. The molecule has 2 aromatic carbocycles. The fourth-order valence-corrected chi connectivity index (χ4v) is 2.67. The highest BCUT2D eigenvalue weighted by Gasteiger charge is 2.20.